The molecule has 7 heteroatoms. The zero-order valence-corrected chi connectivity index (χ0v) is 25.7. The molecule has 3 aromatic carbocycles. The van der Waals surface area contributed by atoms with Gasteiger partial charge < -0.3 is 19.8 Å². The number of para-hydroxylation sites is 1. The van der Waals surface area contributed by atoms with Crippen LogP contribution in [0.1, 0.15) is 44.2 Å². The third-order valence-electron chi connectivity index (χ3n) is 7.53. The van der Waals surface area contributed by atoms with Crippen molar-refractivity contribution in [1.29, 1.82) is 0 Å². The second-order valence-electron chi connectivity index (χ2n) is 11.2. The smallest absolute Gasteiger partial charge is 0.310 e. The summed E-state index contributed by atoms with van der Waals surface area (Å²) in [7, 11) is 2.21. The Kier molecular flexibility index (Phi) is 11.0. The Hall–Kier alpha value is -2.51. The molecular weight excluding hydrogens is 538 g/mol. The molecule has 0 amide bonds. The van der Waals surface area contributed by atoms with Gasteiger partial charge in [-0.05, 0) is 80.7 Å². The molecule has 1 fully saturated rings. The second kappa shape index (κ2) is 14.4. The summed E-state index contributed by atoms with van der Waals surface area (Å²) in [6, 6.07) is 22.8. The van der Waals surface area contributed by atoms with Crippen LogP contribution in [0.4, 0.5) is 11.4 Å². The van der Waals surface area contributed by atoms with E-state index >= 15 is 0 Å². The quantitative estimate of drug-likeness (QED) is 0.296. The Bertz CT molecular complexity index is 1260. The molecule has 1 N–H and O–H groups in total. The zero-order chi connectivity index (χ0) is 28.6. The van der Waals surface area contributed by atoms with Crippen LogP contribution >= 0.6 is 23.4 Å². The molecule has 1 atom stereocenters. The highest BCUT2D eigenvalue weighted by molar-refractivity contribution is 7.99. The molecule has 2 aliphatic heterocycles. The summed E-state index contributed by atoms with van der Waals surface area (Å²) in [5.41, 5.74) is 4.69. The predicted octanol–water partition coefficient (Wildman–Crippen LogP) is 7.65. The number of hydrogen-bond acceptors (Lipinski definition) is 5. The van der Waals surface area contributed by atoms with E-state index < -0.39 is 11.9 Å². The van der Waals surface area contributed by atoms with E-state index in [0.29, 0.717) is 5.92 Å². The molecule has 5 rings (SSSR count). The number of hydrogen-bond donors (Lipinski definition) is 1. The molecule has 0 aromatic heterocycles. The highest BCUT2D eigenvalue weighted by atomic mass is 35.5. The van der Waals surface area contributed by atoms with Crippen LogP contribution in [0.25, 0.3) is 0 Å². The lowest BCUT2D eigenvalue weighted by Crippen LogP contribution is -2.45. The van der Waals surface area contributed by atoms with Gasteiger partial charge in [0.2, 0.25) is 0 Å². The first-order chi connectivity index (χ1) is 19.2. The predicted molar refractivity (Wildman–Crippen MR) is 169 cm³/mol. The molecular formula is C33H42ClN3O2S. The van der Waals surface area contributed by atoms with Gasteiger partial charge in [0.15, 0.2) is 0 Å². The summed E-state index contributed by atoms with van der Waals surface area (Å²) < 4.78 is 0. The van der Waals surface area contributed by atoms with Gasteiger partial charge in [-0.3, -0.25) is 4.79 Å². The molecule has 40 heavy (non-hydrogen) atoms. The monoisotopic (exact) mass is 579 g/mol. The summed E-state index contributed by atoms with van der Waals surface area (Å²) in [6.07, 6.45) is 2.20. The Morgan fingerprint density at radius 3 is 2.25 bits per heavy atom. The molecule has 1 unspecified atom stereocenters. The lowest BCUT2D eigenvalue weighted by Gasteiger charge is -2.35. The van der Waals surface area contributed by atoms with Crippen LogP contribution in [0.15, 0.2) is 76.5 Å². The van der Waals surface area contributed by atoms with Crippen molar-refractivity contribution < 1.29 is 9.90 Å². The van der Waals surface area contributed by atoms with Gasteiger partial charge in [0.1, 0.15) is 0 Å². The molecule has 0 spiro atoms. The number of piperazine rings is 1. The van der Waals surface area contributed by atoms with Crippen LogP contribution < -0.4 is 4.90 Å². The number of anilines is 2. The minimum Gasteiger partial charge on any atom is -0.481 e. The van der Waals surface area contributed by atoms with E-state index in [-0.39, 0.29) is 0 Å². The second-order valence-corrected chi connectivity index (χ2v) is 12.8. The van der Waals surface area contributed by atoms with Crippen molar-refractivity contribution in [2.45, 2.75) is 49.3 Å². The SMILES string of the molecule is CC(C)Cc1ccc(C(C)C(=O)O)cc1.CN1CCN(CCCN2c3ccccc3Sc3ccc(Cl)cc32)CC1. The topological polar surface area (TPSA) is 47.0 Å². The lowest BCUT2D eigenvalue weighted by atomic mass is 9.97. The number of likely N-dealkylation sites (N-methyl/N-ethyl adjacent to an activating group) is 1. The maximum atomic E-state index is 10.8. The van der Waals surface area contributed by atoms with Gasteiger partial charge in [-0.25, -0.2) is 0 Å². The Balaban J connectivity index is 0.000000212. The number of halogens is 1. The summed E-state index contributed by atoms with van der Waals surface area (Å²) in [6.45, 7) is 13.0. The fraction of sp³-hybridized carbons (Fsp3) is 0.424. The van der Waals surface area contributed by atoms with Crippen molar-refractivity contribution >= 4 is 40.7 Å². The molecule has 2 aliphatic rings. The van der Waals surface area contributed by atoms with E-state index in [1.165, 1.54) is 52.9 Å². The van der Waals surface area contributed by atoms with Crippen LogP contribution in [0.3, 0.4) is 0 Å². The maximum absolute atomic E-state index is 10.8. The largest absolute Gasteiger partial charge is 0.481 e. The molecule has 3 aromatic rings. The Labute approximate surface area is 249 Å². The first-order valence-electron chi connectivity index (χ1n) is 14.3. The molecule has 0 saturated carbocycles. The van der Waals surface area contributed by atoms with Crippen LogP contribution in [-0.2, 0) is 11.2 Å². The van der Waals surface area contributed by atoms with Gasteiger partial charge in [-0.1, -0.05) is 73.6 Å². The molecule has 0 bridgehead atoms. The van der Waals surface area contributed by atoms with Crippen LogP contribution in [0.2, 0.25) is 5.02 Å². The molecule has 0 radical (unpaired) electrons. The van der Waals surface area contributed by atoms with Gasteiger partial charge in [-0.2, -0.15) is 0 Å². The first-order valence-corrected chi connectivity index (χ1v) is 15.5. The minimum absolute atomic E-state index is 0.418. The molecule has 0 aliphatic carbocycles. The number of aliphatic carboxylic acids is 1. The molecule has 214 valence electrons. The van der Waals surface area contributed by atoms with Crippen molar-refractivity contribution in [3.05, 3.63) is 82.9 Å². The number of benzene rings is 3. The van der Waals surface area contributed by atoms with Gasteiger partial charge in [0.05, 0.1) is 17.3 Å². The fourth-order valence-electron chi connectivity index (χ4n) is 5.12. The number of carboxylic acids is 1. The highest BCUT2D eigenvalue weighted by Crippen LogP contribution is 2.48. The van der Waals surface area contributed by atoms with E-state index in [4.69, 9.17) is 16.7 Å². The third kappa shape index (κ3) is 8.26. The molecule has 5 nitrogen and oxygen atoms in total. The maximum Gasteiger partial charge on any atom is 0.310 e. The van der Waals surface area contributed by atoms with Crippen molar-refractivity contribution in [1.82, 2.24) is 9.80 Å². The minimum atomic E-state index is -0.772. The number of rotatable bonds is 8. The standard InChI is InChI=1S/C20H24ClN3S.C13H18O2/c1-22-11-13-23(14-12-22)9-4-10-24-17-5-2-3-6-19(17)25-20-8-7-16(21)15-18(20)24;1-9(2)8-11-4-6-12(7-5-11)10(3)13(14)15/h2-3,5-8,15H,4,9-14H2,1H3;4-7,9-10H,8H2,1-3H3,(H,14,15). The average Bonchev–Trinajstić information content (AvgIpc) is 2.94. The van der Waals surface area contributed by atoms with E-state index in [0.717, 1.165) is 36.5 Å². The Morgan fingerprint density at radius 2 is 1.57 bits per heavy atom. The van der Waals surface area contributed by atoms with Crippen molar-refractivity contribution in [2.24, 2.45) is 5.92 Å². The first kappa shape index (κ1) is 30.4. The van der Waals surface area contributed by atoms with Gasteiger partial charge in [-0.15, -0.1) is 0 Å². The van der Waals surface area contributed by atoms with Crippen LogP contribution in [-0.4, -0.2) is 67.2 Å². The van der Waals surface area contributed by atoms with E-state index in [9.17, 15) is 4.79 Å². The number of nitrogens with zero attached hydrogens (tertiary/aromatic N) is 3. The number of carbonyl (C=O) groups is 1. The summed E-state index contributed by atoms with van der Waals surface area (Å²) in [5.74, 6) is -0.558. The van der Waals surface area contributed by atoms with Crippen LogP contribution in [0, 0.1) is 5.92 Å². The molecule has 2 heterocycles. The number of carboxylic acid groups (broad SMARTS) is 1. The summed E-state index contributed by atoms with van der Waals surface area (Å²) in [5, 5.41) is 9.66. The van der Waals surface area contributed by atoms with Gasteiger partial charge in [0.25, 0.3) is 0 Å². The fourth-order valence-corrected chi connectivity index (χ4v) is 6.37. The van der Waals surface area contributed by atoms with Crippen molar-refractivity contribution in [3.8, 4) is 0 Å². The average molecular weight is 580 g/mol. The van der Waals surface area contributed by atoms with Gasteiger partial charge in [0, 0.05) is 47.5 Å². The van der Waals surface area contributed by atoms with Crippen LogP contribution in [0.5, 0.6) is 0 Å². The normalized spacial score (nSPS) is 16.1. The molecule has 1 saturated heterocycles. The van der Waals surface area contributed by atoms with Crippen molar-refractivity contribution in [3.63, 3.8) is 0 Å². The van der Waals surface area contributed by atoms with E-state index in [2.05, 4.69) is 72.0 Å². The number of fused-ring (bicyclic) bond motifs is 2. The lowest BCUT2D eigenvalue weighted by molar-refractivity contribution is -0.138. The van der Waals surface area contributed by atoms with E-state index in [1.54, 1.807) is 6.92 Å². The van der Waals surface area contributed by atoms with Crippen molar-refractivity contribution in [2.75, 3.05) is 51.2 Å². The van der Waals surface area contributed by atoms with Gasteiger partial charge >= 0.3 is 5.97 Å². The summed E-state index contributed by atoms with van der Waals surface area (Å²) >= 11 is 8.13. The Morgan fingerprint density at radius 1 is 0.900 bits per heavy atom. The summed E-state index contributed by atoms with van der Waals surface area (Å²) in [4.78, 5) is 20.8. The van der Waals surface area contributed by atoms with E-state index in [1.807, 2.05) is 42.1 Å². The zero-order valence-electron chi connectivity index (χ0n) is 24.1. The highest BCUT2D eigenvalue weighted by Gasteiger charge is 2.23. The third-order valence-corrected chi connectivity index (χ3v) is 8.90.